The van der Waals surface area contributed by atoms with Gasteiger partial charge < -0.3 is 5.32 Å². The number of benzene rings is 2. The van der Waals surface area contributed by atoms with Gasteiger partial charge in [-0.1, -0.05) is 61.3 Å². The largest absolute Gasteiger partial charge is 0.322 e. The smallest absolute Gasteiger partial charge is 0.248 e. The summed E-state index contributed by atoms with van der Waals surface area (Å²) in [6, 6.07) is 13.0. The van der Waals surface area contributed by atoms with Crippen LogP contribution >= 0.6 is 23.2 Å². The third-order valence-electron chi connectivity index (χ3n) is 3.74. The Morgan fingerprint density at radius 1 is 1.22 bits per heavy atom. The highest BCUT2D eigenvalue weighted by molar-refractivity contribution is 6.35. The maximum Gasteiger partial charge on any atom is 0.248 e. The molecule has 4 heteroatoms. The number of rotatable bonds is 5. The third-order valence-corrected chi connectivity index (χ3v) is 4.30. The van der Waals surface area contributed by atoms with Gasteiger partial charge in [0.05, 0.1) is 0 Å². The van der Waals surface area contributed by atoms with Crippen LogP contribution in [0.4, 0.5) is 5.69 Å². The van der Waals surface area contributed by atoms with Gasteiger partial charge in [-0.25, -0.2) is 0 Å². The van der Waals surface area contributed by atoms with Crippen LogP contribution in [0, 0.1) is 0 Å². The average molecular weight is 348 g/mol. The Labute approximate surface area is 147 Å². The Morgan fingerprint density at radius 3 is 2.65 bits per heavy atom. The zero-order chi connectivity index (χ0) is 16.8. The molecule has 1 amide bonds. The van der Waals surface area contributed by atoms with Crippen molar-refractivity contribution in [1.82, 2.24) is 0 Å². The van der Waals surface area contributed by atoms with Crippen molar-refractivity contribution in [3.05, 3.63) is 69.7 Å². The number of halogens is 2. The predicted octanol–water partition coefficient (Wildman–Crippen LogP) is 6.16. The highest BCUT2D eigenvalue weighted by Gasteiger charge is 2.09. The molecule has 0 heterocycles. The molecule has 0 saturated heterocycles. The van der Waals surface area contributed by atoms with Gasteiger partial charge in [0, 0.05) is 21.8 Å². The summed E-state index contributed by atoms with van der Waals surface area (Å²) >= 11 is 12.0. The lowest BCUT2D eigenvalue weighted by Gasteiger charge is -2.14. The predicted molar refractivity (Wildman–Crippen MR) is 99.3 cm³/mol. The van der Waals surface area contributed by atoms with Crippen LogP contribution in [0.2, 0.25) is 10.0 Å². The van der Waals surface area contributed by atoms with E-state index in [1.165, 1.54) is 6.08 Å². The summed E-state index contributed by atoms with van der Waals surface area (Å²) in [5, 5.41) is 4.02. The monoisotopic (exact) mass is 347 g/mol. The first-order chi connectivity index (χ1) is 11.0. The lowest BCUT2D eigenvalue weighted by atomic mass is 9.97. The fourth-order valence-corrected chi connectivity index (χ4v) is 2.71. The molecular formula is C19H19Cl2NO. The van der Waals surface area contributed by atoms with E-state index < -0.39 is 0 Å². The maximum absolute atomic E-state index is 12.2. The number of carbonyl (C=O) groups is 1. The van der Waals surface area contributed by atoms with E-state index >= 15 is 0 Å². The lowest BCUT2D eigenvalue weighted by Crippen LogP contribution is -2.10. The van der Waals surface area contributed by atoms with Gasteiger partial charge in [0.2, 0.25) is 5.91 Å². The minimum Gasteiger partial charge on any atom is -0.322 e. The second-order valence-electron chi connectivity index (χ2n) is 5.38. The van der Waals surface area contributed by atoms with Gasteiger partial charge in [-0.05, 0) is 47.7 Å². The lowest BCUT2D eigenvalue weighted by molar-refractivity contribution is -0.111. The number of hydrogen-bond acceptors (Lipinski definition) is 1. The van der Waals surface area contributed by atoms with Crippen LogP contribution < -0.4 is 5.32 Å². The summed E-state index contributed by atoms with van der Waals surface area (Å²) in [7, 11) is 0. The minimum absolute atomic E-state index is 0.188. The first-order valence-electron chi connectivity index (χ1n) is 7.54. The molecule has 0 unspecified atom stereocenters. The standard InChI is InChI=1S/C19H19Cl2NO/c1-3-13(2)16-6-4-5-7-18(16)22-19(23)11-9-14-8-10-15(20)12-17(14)21/h4-13H,3H2,1-2H3,(H,22,23)/b11-9+/t13-/m0/s1. The Bertz CT molecular complexity index is 725. The molecule has 0 aliphatic rings. The molecule has 2 nitrogen and oxygen atoms in total. The molecule has 120 valence electrons. The topological polar surface area (TPSA) is 29.1 Å². The van der Waals surface area contributed by atoms with Crippen molar-refractivity contribution in [3.63, 3.8) is 0 Å². The van der Waals surface area contributed by atoms with Crippen molar-refractivity contribution in [3.8, 4) is 0 Å². The molecule has 2 aromatic carbocycles. The van der Waals surface area contributed by atoms with Gasteiger partial charge in [0.15, 0.2) is 0 Å². The van der Waals surface area contributed by atoms with Crippen molar-refractivity contribution in [2.24, 2.45) is 0 Å². The number of nitrogens with one attached hydrogen (secondary N) is 1. The second kappa shape index (κ2) is 8.19. The number of carbonyl (C=O) groups excluding carboxylic acids is 1. The zero-order valence-corrected chi connectivity index (χ0v) is 14.7. The summed E-state index contributed by atoms with van der Waals surface area (Å²) in [5.41, 5.74) is 2.74. The van der Waals surface area contributed by atoms with Gasteiger partial charge in [-0.15, -0.1) is 0 Å². The van der Waals surface area contributed by atoms with Gasteiger partial charge >= 0.3 is 0 Å². The fourth-order valence-electron chi connectivity index (χ4n) is 2.24. The van der Waals surface area contributed by atoms with Crippen LogP contribution in [-0.4, -0.2) is 5.91 Å². The summed E-state index contributed by atoms with van der Waals surface area (Å²) < 4.78 is 0. The van der Waals surface area contributed by atoms with Crippen molar-refractivity contribution in [1.29, 1.82) is 0 Å². The summed E-state index contributed by atoms with van der Waals surface area (Å²) in [4.78, 5) is 12.2. The van der Waals surface area contributed by atoms with Crippen LogP contribution in [-0.2, 0) is 4.79 Å². The summed E-state index contributed by atoms with van der Waals surface area (Å²) in [6.45, 7) is 4.28. The highest BCUT2D eigenvalue weighted by atomic mass is 35.5. The Kier molecular flexibility index (Phi) is 6.26. The molecule has 2 aromatic rings. The minimum atomic E-state index is -0.188. The number of hydrogen-bond donors (Lipinski definition) is 1. The molecule has 1 atom stereocenters. The Balaban J connectivity index is 2.12. The molecule has 23 heavy (non-hydrogen) atoms. The summed E-state index contributed by atoms with van der Waals surface area (Å²) in [6.07, 6.45) is 4.17. The van der Waals surface area contributed by atoms with E-state index in [1.54, 1.807) is 24.3 Å². The van der Waals surface area contributed by atoms with E-state index in [-0.39, 0.29) is 5.91 Å². The van der Waals surface area contributed by atoms with Gasteiger partial charge in [0.25, 0.3) is 0 Å². The van der Waals surface area contributed by atoms with E-state index in [0.717, 1.165) is 23.2 Å². The van der Waals surface area contributed by atoms with E-state index in [4.69, 9.17) is 23.2 Å². The summed E-state index contributed by atoms with van der Waals surface area (Å²) in [5.74, 6) is 0.202. The van der Waals surface area contributed by atoms with Gasteiger partial charge in [0.1, 0.15) is 0 Å². The first kappa shape index (κ1) is 17.6. The molecule has 0 spiro atoms. The van der Waals surface area contributed by atoms with Crippen molar-refractivity contribution in [2.75, 3.05) is 5.32 Å². The molecule has 0 aromatic heterocycles. The quantitative estimate of drug-likeness (QED) is 0.644. The van der Waals surface area contributed by atoms with Crippen molar-refractivity contribution < 1.29 is 4.79 Å². The van der Waals surface area contributed by atoms with Gasteiger partial charge in [-0.2, -0.15) is 0 Å². The SMILES string of the molecule is CC[C@H](C)c1ccccc1NC(=O)/C=C/c1ccc(Cl)cc1Cl. The molecule has 0 radical (unpaired) electrons. The van der Waals surface area contributed by atoms with E-state index in [1.807, 2.05) is 24.3 Å². The van der Waals surface area contributed by atoms with Gasteiger partial charge in [-0.3, -0.25) is 4.79 Å². The zero-order valence-electron chi connectivity index (χ0n) is 13.1. The number of para-hydroxylation sites is 1. The van der Waals surface area contributed by atoms with Crippen molar-refractivity contribution >= 4 is 40.9 Å². The first-order valence-corrected chi connectivity index (χ1v) is 8.30. The van der Waals surface area contributed by atoms with Crippen LogP contribution in [0.1, 0.15) is 37.3 Å². The Morgan fingerprint density at radius 2 is 1.96 bits per heavy atom. The molecular weight excluding hydrogens is 329 g/mol. The Hall–Kier alpha value is -1.77. The second-order valence-corrected chi connectivity index (χ2v) is 6.23. The van der Waals surface area contributed by atoms with Crippen molar-refractivity contribution in [2.45, 2.75) is 26.2 Å². The van der Waals surface area contributed by atoms with Crippen LogP contribution in [0.5, 0.6) is 0 Å². The number of anilines is 1. The molecule has 1 N–H and O–H groups in total. The molecule has 0 aliphatic carbocycles. The van der Waals surface area contributed by atoms with Crippen LogP contribution in [0.25, 0.3) is 6.08 Å². The van der Waals surface area contributed by atoms with Crippen LogP contribution in [0.3, 0.4) is 0 Å². The molecule has 0 saturated carbocycles. The van der Waals surface area contributed by atoms with Crippen LogP contribution in [0.15, 0.2) is 48.5 Å². The average Bonchev–Trinajstić information content (AvgIpc) is 2.54. The van der Waals surface area contributed by atoms with E-state index in [2.05, 4.69) is 19.2 Å². The molecule has 0 bridgehead atoms. The number of amides is 1. The van der Waals surface area contributed by atoms with E-state index in [0.29, 0.717) is 16.0 Å². The normalized spacial score (nSPS) is 12.3. The van der Waals surface area contributed by atoms with E-state index in [9.17, 15) is 4.79 Å². The fraction of sp³-hybridized carbons (Fsp3) is 0.211. The molecule has 2 rings (SSSR count). The molecule has 0 fully saturated rings. The molecule has 0 aliphatic heterocycles. The third kappa shape index (κ3) is 4.85. The maximum atomic E-state index is 12.2. The highest BCUT2D eigenvalue weighted by Crippen LogP contribution is 2.26.